The number of hydrogen-bond donors (Lipinski definition) is 1. The van der Waals surface area contributed by atoms with E-state index in [0.717, 1.165) is 0 Å². The van der Waals surface area contributed by atoms with Crippen molar-refractivity contribution >= 4 is 12.4 Å². The monoisotopic (exact) mass is 393 g/mol. The number of methoxy groups -OCH3 is 2. The van der Waals surface area contributed by atoms with Crippen LogP contribution in [0.25, 0.3) is 11.1 Å². The number of halogens is 4. The third kappa shape index (κ3) is 5.60. The van der Waals surface area contributed by atoms with Crippen LogP contribution < -0.4 is 24.7 Å². The maximum absolute atomic E-state index is 12.7. The number of nitrogens with two attached hydrogens (primary N) is 1. The summed E-state index contributed by atoms with van der Waals surface area (Å²) < 4.78 is 57.8. The van der Waals surface area contributed by atoms with Gasteiger partial charge in [0.15, 0.2) is 11.5 Å². The third-order valence-electron chi connectivity index (χ3n) is 3.26. The Kier molecular flexibility index (Phi) is 7.85. The topological polar surface area (TPSA) is 62.9 Å². The second-order valence-corrected chi connectivity index (χ2v) is 4.91. The highest BCUT2D eigenvalue weighted by Gasteiger charge is 2.32. The first-order chi connectivity index (χ1) is 11.9. The molecule has 2 aromatic rings. The lowest BCUT2D eigenvalue weighted by Crippen LogP contribution is -2.18. The molecule has 5 nitrogen and oxygen atoms in total. The van der Waals surface area contributed by atoms with Crippen molar-refractivity contribution in [2.75, 3.05) is 27.4 Å². The minimum absolute atomic E-state index is 0. The summed E-state index contributed by atoms with van der Waals surface area (Å²) in [7, 11) is 2.96. The SMILES string of the molecule is COc1ccc(OC)c(-c2ccc(OCCN)c(OC(F)(F)F)c2)c1.Cl. The zero-order valence-corrected chi connectivity index (χ0v) is 14.9. The summed E-state index contributed by atoms with van der Waals surface area (Å²) in [6, 6.07) is 9.24. The first-order valence-corrected chi connectivity index (χ1v) is 7.33. The van der Waals surface area contributed by atoms with Crippen molar-refractivity contribution in [3.63, 3.8) is 0 Å². The highest BCUT2D eigenvalue weighted by Crippen LogP contribution is 2.40. The van der Waals surface area contributed by atoms with E-state index in [4.69, 9.17) is 19.9 Å². The van der Waals surface area contributed by atoms with Gasteiger partial charge in [-0.05, 0) is 35.9 Å². The Bertz CT molecular complexity index is 726. The molecule has 0 unspecified atom stereocenters. The summed E-state index contributed by atoms with van der Waals surface area (Å²) in [6.07, 6.45) is -4.85. The van der Waals surface area contributed by atoms with Gasteiger partial charge in [0.1, 0.15) is 18.1 Å². The van der Waals surface area contributed by atoms with Gasteiger partial charge in [-0.3, -0.25) is 0 Å². The summed E-state index contributed by atoms with van der Waals surface area (Å²) >= 11 is 0. The molecule has 2 aromatic carbocycles. The van der Waals surface area contributed by atoms with Crippen molar-refractivity contribution in [2.24, 2.45) is 5.73 Å². The van der Waals surface area contributed by atoms with Gasteiger partial charge in [-0.15, -0.1) is 25.6 Å². The predicted octanol–water partition coefficient (Wildman–Crippen LogP) is 4.03. The van der Waals surface area contributed by atoms with Crippen LogP contribution in [0.5, 0.6) is 23.0 Å². The molecule has 9 heteroatoms. The smallest absolute Gasteiger partial charge is 0.497 e. The summed E-state index contributed by atoms with van der Waals surface area (Å²) in [5.41, 5.74) is 6.33. The van der Waals surface area contributed by atoms with E-state index in [0.29, 0.717) is 22.6 Å². The number of alkyl halides is 3. The summed E-state index contributed by atoms with van der Waals surface area (Å²) in [5, 5.41) is 0. The molecule has 0 aliphatic rings. The first kappa shape index (κ1) is 21.7. The molecule has 144 valence electrons. The van der Waals surface area contributed by atoms with Gasteiger partial charge in [0.25, 0.3) is 0 Å². The normalized spacial score (nSPS) is 10.7. The fraction of sp³-hybridized carbons (Fsp3) is 0.294. The van der Waals surface area contributed by atoms with E-state index in [2.05, 4.69) is 4.74 Å². The lowest BCUT2D eigenvalue weighted by Gasteiger charge is -2.16. The summed E-state index contributed by atoms with van der Waals surface area (Å²) in [4.78, 5) is 0. The lowest BCUT2D eigenvalue weighted by molar-refractivity contribution is -0.275. The molecule has 0 aliphatic carbocycles. The molecular weight excluding hydrogens is 375 g/mol. The van der Waals surface area contributed by atoms with Crippen molar-refractivity contribution in [3.8, 4) is 34.1 Å². The van der Waals surface area contributed by atoms with Gasteiger partial charge in [0.05, 0.1) is 14.2 Å². The Morgan fingerprint density at radius 1 is 0.923 bits per heavy atom. The number of benzene rings is 2. The minimum Gasteiger partial charge on any atom is -0.497 e. The molecule has 0 amide bonds. The molecular formula is C17H19ClF3NO4. The van der Waals surface area contributed by atoms with Crippen molar-refractivity contribution in [2.45, 2.75) is 6.36 Å². The molecule has 0 aliphatic heterocycles. The van der Waals surface area contributed by atoms with Crippen molar-refractivity contribution < 1.29 is 32.1 Å². The standard InChI is InChI=1S/C17H18F3NO4.ClH/c1-22-12-4-6-14(23-2)13(10-12)11-3-5-15(24-8-7-21)16(9-11)25-17(18,19)20;/h3-6,9-10H,7-8,21H2,1-2H3;1H. The molecule has 2 rings (SSSR count). The molecule has 0 bridgehead atoms. The summed E-state index contributed by atoms with van der Waals surface area (Å²) in [5.74, 6) is 0.517. The van der Waals surface area contributed by atoms with Crippen LogP contribution >= 0.6 is 12.4 Å². The van der Waals surface area contributed by atoms with Gasteiger partial charge in [-0.1, -0.05) is 6.07 Å². The van der Waals surface area contributed by atoms with E-state index in [9.17, 15) is 13.2 Å². The Morgan fingerprint density at radius 2 is 1.62 bits per heavy atom. The Balaban J connectivity index is 0.00000338. The maximum Gasteiger partial charge on any atom is 0.573 e. The van der Waals surface area contributed by atoms with Gasteiger partial charge in [-0.25, -0.2) is 0 Å². The molecule has 26 heavy (non-hydrogen) atoms. The van der Waals surface area contributed by atoms with Gasteiger partial charge < -0.3 is 24.7 Å². The average molecular weight is 394 g/mol. The van der Waals surface area contributed by atoms with Gasteiger partial charge >= 0.3 is 6.36 Å². The van der Waals surface area contributed by atoms with E-state index in [1.165, 1.54) is 26.4 Å². The van der Waals surface area contributed by atoms with Gasteiger partial charge in [0.2, 0.25) is 0 Å². The summed E-state index contributed by atoms with van der Waals surface area (Å²) in [6.45, 7) is 0.229. The van der Waals surface area contributed by atoms with Crippen molar-refractivity contribution in [1.29, 1.82) is 0 Å². The minimum atomic E-state index is -4.85. The largest absolute Gasteiger partial charge is 0.573 e. The van der Waals surface area contributed by atoms with Crippen LogP contribution in [-0.4, -0.2) is 33.7 Å². The lowest BCUT2D eigenvalue weighted by atomic mass is 10.0. The average Bonchev–Trinajstić information content (AvgIpc) is 2.58. The number of ether oxygens (including phenoxy) is 4. The molecule has 0 saturated carbocycles. The fourth-order valence-electron chi connectivity index (χ4n) is 2.21. The van der Waals surface area contributed by atoms with Crippen LogP contribution in [0.2, 0.25) is 0 Å². The van der Waals surface area contributed by atoms with E-state index in [1.807, 2.05) is 0 Å². The molecule has 0 saturated heterocycles. The van der Waals surface area contributed by atoms with Crippen LogP contribution in [0.1, 0.15) is 0 Å². The Morgan fingerprint density at radius 3 is 2.19 bits per heavy atom. The van der Waals surface area contributed by atoms with Crippen LogP contribution in [0.4, 0.5) is 13.2 Å². The molecule has 0 fully saturated rings. The second-order valence-electron chi connectivity index (χ2n) is 4.91. The number of rotatable bonds is 7. The number of hydrogen-bond acceptors (Lipinski definition) is 5. The van der Waals surface area contributed by atoms with E-state index >= 15 is 0 Å². The predicted molar refractivity (Wildman–Crippen MR) is 93.5 cm³/mol. The Labute approximate surface area is 155 Å². The molecule has 0 spiro atoms. The Hall–Kier alpha value is -2.32. The second kappa shape index (κ2) is 9.40. The van der Waals surface area contributed by atoms with Crippen LogP contribution in [0, 0.1) is 0 Å². The van der Waals surface area contributed by atoms with Crippen LogP contribution in [0.3, 0.4) is 0 Å². The first-order valence-electron chi connectivity index (χ1n) is 7.33. The maximum atomic E-state index is 12.7. The van der Waals surface area contributed by atoms with Crippen molar-refractivity contribution in [1.82, 2.24) is 0 Å². The molecule has 0 heterocycles. The van der Waals surface area contributed by atoms with E-state index in [1.54, 1.807) is 24.3 Å². The van der Waals surface area contributed by atoms with E-state index < -0.39 is 12.1 Å². The zero-order chi connectivity index (χ0) is 18.4. The van der Waals surface area contributed by atoms with E-state index in [-0.39, 0.29) is 31.3 Å². The molecule has 0 radical (unpaired) electrons. The highest BCUT2D eigenvalue weighted by molar-refractivity contribution is 5.85. The molecule has 0 aromatic heterocycles. The van der Waals surface area contributed by atoms with Crippen LogP contribution in [-0.2, 0) is 0 Å². The fourth-order valence-corrected chi connectivity index (χ4v) is 2.21. The quantitative estimate of drug-likeness (QED) is 0.769. The third-order valence-corrected chi connectivity index (χ3v) is 3.26. The van der Waals surface area contributed by atoms with Crippen LogP contribution in [0.15, 0.2) is 36.4 Å². The zero-order valence-electron chi connectivity index (χ0n) is 14.1. The van der Waals surface area contributed by atoms with Crippen molar-refractivity contribution in [3.05, 3.63) is 36.4 Å². The molecule has 0 atom stereocenters. The molecule has 2 N–H and O–H groups in total. The highest BCUT2D eigenvalue weighted by atomic mass is 35.5. The van der Waals surface area contributed by atoms with Gasteiger partial charge in [-0.2, -0.15) is 0 Å². The van der Waals surface area contributed by atoms with Gasteiger partial charge in [0, 0.05) is 12.1 Å².